The first-order chi connectivity index (χ1) is 9.10. The Morgan fingerprint density at radius 3 is 2.37 bits per heavy atom. The standard InChI is InChI=1S/C16H17FO2/c1-3-19-15-6-4-12(5-7-15)16(18)13-8-11(2)9-14(17)10-13/h4-10,16,18H,3H2,1-2H3. The van der Waals surface area contributed by atoms with Crippen molar-refractivity contribution in [3.8, 4) is 5.75 Å². The van der Waals surface area contributed by atoms with Crippen LogP contribution in [-0.4, -0.2) is 11.7 Å². The fourth-order valence-corrected chi connectivity index (χ4v) is 2.03. The van der Waals surface area contributed by atoms with Crippen LogP contribution in [0.5, 0.6) is 5.75 Å². The predicted octanol–water partition coefficient (Wildman–Crippen LogP) is 3.61. The smallest absolute Gasteiger partial charge is 0.123 e. The monoisotopic (exact) mass is 260 g/mol. The third-order valence-electron chi connectivity index (χ3n) is 2.89. The molecule has 0 aromatic heterocycles. The van der Waals surface area contributed by atoms with E-state index >= 15 is 0 Å². The highest BCUT2D eigenvalue weighted by Gasteiger charge is 2.12. The Hall–Kier alpha value is -1.87. The molecule has 0 radical (unpaired) electrons. The van der Waals surface area contributed by atoms with Crippen LogP contribution in [-0.2, 0) is 0 Å². The molecule has 1 N–H and O–H groups in total. The van der Waals surface area contributed by atoms with Gasteiger partial charge in [-0.1, -0.05) is 18.2 Å². The topological polar surface area (TPSA) is 29.5 Å². The molecule has 0 fully saturated rings. The quantitative estimate of drug-likeness (QED) is 0.909. The van der Waals surface area contributed by atoms with E-state index in [-0.39, 0.29) is 5.82 Å². The zero-order valence-corrected chi connectivity index (χ0v) is 11.1. The molecule has 0 aliphatic heterocycles. The summed E-state index contributed by atoms with van der Waals surface area (Å²) in [6, 6.07) is 11.8. The number of aliphatic hydroxyl groups is 1. The van der Waals surface area contributed by atoms with Crippen molar-refractivity contribution >= 4 is 0 Å². The van der Waals surface area contributed by atoms with Crippen molar-refractivity contribution in [1.82, 2.24) is 0 Å². The molecule has 1 atom stereocenters. The van der Waals surface area contributed by atoms with Crippen LogP contribution >= 0.6 is 0 Å². The number of benzene rings is 2. The van der Waals surface area contributed by atoms with E-state index in [0.717, 1.165) is 11.3 Å². The Kier molecular flexibility index (Phi) is 4.17. The normalized spacial score (nSPS) is 12.2. The minimum atomic E-state index is -0.829. The van der Waals surface area contributed by atoms with E-state index in [4.69, 9.17) is 4.74 Å². The Labute approximate surface area is 112 Å². The number of ether oxygens (including phenoxy) is 1. The highest BCUT2D eigenvalue weighted by Crippen LogP contribution is 2.25. The van der Waals surface area contributed by atoms with Crippen molar-refractivity contribution in [1.29, 1.82) is 0 Å². The van der Waals surface area contributed by atoms with Crippen molar-refractivity contribution < 1.29 is 14.2 Å². The van der Waals surface area contributed by atoms with Gasteiger partial charge in [-0.25, -0.2) is 4.39 Å². The first-order valence-electron chi connectivity index (χ1n) is 6.28. The number of hydrogen-bond donors (Lipinski definition) is 1. The summed E-state index contributed by atoms with van der Waals surface area (Å²) >= 11 is 0. The maximum atomic E-state index is 13.3. The Morgan fingerprint density at radius 1 is 1.11 bits per heavy atom. The molecule has 0 bridgehead atoms. The average molecular weight is 260 g/mol. The van der Waals surface area contributed by atoms with E-state index in [1.165, 1.54) is 12.1 Å². The lowest BCUT2D eigenvalue weighted by atomic mass is 10.00. The summed E-state index contributed by atoms with van der Waals surface area (Å²) in [5.74, 6) is 0.425. The second-order valence-corrected chi connectivity index (χ2v) is 4.47. The summed E-state index contributed by atoms with van der Waals surface area (Å²) in [7, 11) is 0. The van der Waals surface area contributed by atoms with E-state index in [1.54, 1.807) is 37.3 Å². The minimum Gasteiger partial charge on any atom is -0.494 e. The first-order valence-corrected chi connectivity index (χ1v) is 6.28. The molecule has 2 aromatic carbocycles. The maximum Gasteiger partial charge on any atom is 0.123 e. The van der Waals surface area contributed by atoms with Crippen molar-refractivity contribution in [2.24, 2.45) is 0 Å². The molecule has 100 valence electrons. The van der Waals surface area contributed by atoms with Crippen LogP contribution in [0.2, 0.25) is 0 Å². The van der Waals surface area contributed by atoms with Gasteiger partial charge in [0.2, 0.25) is 0 Å². The van der Waals surface area contributed by atoms with Gasteiger partial charge < -0.3 is 9.84 Å². The minimum absolute atomic E-state index is 0.333. The fraction of sp³-hybridized carbons (Fsp3) is 0.250. The summed E-state index contributed by atoms with van der Waals surface area (Å²) in [5, 5.41) is 10.3. The molecular weight excluding hydrogens is 243 g/mol. The van der Waals surface area contributed by atoms with Crippen molar-refractivity contribution in [2.75, 3.05) is 6.61 Å². The summed E-state index contributed by atoms with van der Waals surface area (Å²) in [6.07, 6.45) is -0.829. The lowest BCUT2D eigenvalue weighted by Gasteiger charge is -2.13. The van der Waals surface area contributed by atoms with Crippen LogP contribution in [0.3, 0.4) is 0 Å². The van der Waals surface area contributed by atoms with Crippen molar-refractivity contribution in [3.05, 3.63) is 65.0 Å². The fourth-order valence-electron chi connectivity index (χ4n) is 2.03. The molecule has 0 aliphatic rings. The van der Waals surface area contributed by atoms with Gasteiger partial charge in [0.05, 0.1) is 6.61 Å². The molecule has 2 nitrogen and oxygen atoms in total. The third-order valence-corrected chi connectivity index (χ3v) is 2.89. The Morgan fingerprint density at radius 2 is 1.79 bits per heavy atom. The predicted molar refractivity (Wildman–Crippen MR) is 72.8 cm³/mol. The van der Waals surface area contributed by atoms with E-state index in [9.17, 15) is 9.50 Å². The number of halogens is 1. The average Bonchev–Trinajstić information content (AvgIpc) is 2.38. The molecule has 1 unspecified atom stereocenters. The number of aryl methyl sites for hydroxylation is 1. The van der Waals surface area contributed by atoms with Gasteiger partial charge in [-0.3, -0.25) is 0 Å². The van der Waals surface area contributed by atoms with Crippen molar-refractivity contribution in [3.63, 3.8) is 0 Å². The van der Waals surface area contributed by atoms with Crippen molar-refractivity contribution in [2.45, 2.75) is 20.0 Å². The zero-order valence-electron chi connectivity index (χ0n) is 11.1. The first kappa shape index (κ1) is 13.6. The van der Waals surface area contributed by atoms with Crippen LogP contribution < -0.4 is 4.74 Å². The molecule has 0 saturated carbocycles. The zero-order chi connectivity index (χ0) is 13.8. The molecule has 2 rings (SSSR count). The van der Waals surface area contributed by atoms with Crippen LogP contribution in [0, 0.1) is 12.7 Å². The molecule has 0 spiro atoms. The van der Waals surface area contributed by atoms with Gasteiger partial charge in [0.15, 0.2) is 0 Å². The SMILES string of the molecule is CCOc1ccc(C(O)c2cc(C)cc(F)c2)cc1. The molecule has 0 saturated heterocycles. The Balaban J connectivity index is 2.25. The molecule has 0 amide bonds. The van der Waals surface area contributed by atoms with Gasteiger partial charge in [-0.2, -0.15) is 0 Å². The lowest BCUT2D eigenvalue weighted by molar-refractivity contribution is 0.219. The van der Waals surface area contributed by atoms with Gasteiger partial charge >= 0.3 is 0 Å². The molecular formula is C16H17FO2. The van der Waals surface area contributed by atoms with E-state index in [2.05, 4.69) is 0 Å². The summed E-state index contributed by atoms with van der Waals surface area (Å²) in [5.41, 5.74) is 2.06. The van der Waals surface area contributed by atoms with Gasteiger partial charge in [0.25, 0.3) is 0 Å². The second-order valence-electron chi connectivity index (χ2n) is 4.47. The molecule has 0 heterocycles. The van der Waals surface area contributed by atoms with Gasteiger partial charge in [0.1, 0.15) is 17.7 Å². The lowest BCUT2D eigenvalue weighted by Crippen LogP contribution is -2.01. The highest BCUT2D eigenvalue weighted by molar-refractivity contribution is 5.35. The number of rotatable bonds is 4. The van der Waals surface area contributed by atoms with Crippen LogP contribution in [0.4, 0.5) is 4.39 Å². The second kappa shape index (κ2) is 5.85. The van der Waals surface area contributed by atoms with E-state index < -0.39 is 6.10 Å². The number of aliphatic hydroxyl groups excluding tert-OH is 1. The molecule has 3 heteroatoms. The van der Waals surface area contributed by atoms with Gasteiger partial charge in [-0.05, 0) is 54.8 Å². The van der Waals surface area contributed by atoms with E-state index in [1.807, 2.05) is 6.92 Å². The van der Waals surface area contributed by atoms with Crippen LogP contribution in [0.25, 0.3) is 0 Å². The van der Waals surface area contributed by atoms with Gasteiger partial charge in [0, 0.05) is 0 Å². The molecule has 0 aliphatic carbocycles. The largest absolute Gasteiger partial charge is 0.494 e. The van der Waals surface area contributed by atoms with E-state index in [0.29, 0.717) is 17.7 Å². The maximum absolute atomic E-state index is 13.3. The van der Waals surface area contributed by atoms with Crippen LogP contribution in [0.1, 0.15) is 29.7 Å². The Bertz CT molecular complexity index is 529. The summed E-state index contributed by atoms with van der Waals surface area (Å²) in [6.45, 7) is 4.32. The molecule has 19 heavy (non-hydrogen) atoms. The molecule has 2 aromatic rings. The van der Waals surface area contributed by atoms with Crippen LogP contribution in [0.15, 0.2) is 42.5 Å². The summed E-state index contributed by atoms with van der Waals surface area (Å²) in [4.78, 5) is 0. The number of hydrogen-bond acceptors (Lipinski definition) is 2. The summed E-state index contributed by atoms with van der Waals surface area (Å²) < 4.78 is 18.7. The van der Waals surface area contributed by atoms with Gasteiger partial charge in [-0.15, -0.1) is 0 Å². The highest BCUT2D eigenvalue weighted by atomic mass is 19.1. The third kappa shape index (κ3) is 3.32.